The van der Waals surface area contributed by atoms with Gasteiger partial charge >= 0.3 is 0 Å². The van der Waals surface area contributed by atoms with E-state index in [0.29, 0.717) is 19.5 Å². The van der Waals surface area contributed by atoms with Crippen LogP contribution in [0.5, 0.6) is 0 Å². The third kappa shape index (κ3) is 2.98. The fraction of sp³-hybridized carbons (Fsp3) is 0.444. The molecule has 0 aromatic carbocycles. The number of hydrogen-bond donors (Lipinski definition) is 1. The van der Waals surface area contributed by atoms with Gasteiger partial charge in [-0.15, -0.1) is 0 Å². The maximum absolute atomic E-state index is 11.9. The number of nitrogens with zero attached hydrogens (tertiary/aromatic N) is 2. The molecule has 2 N–H and O–H groups in total. The zero-order valence-corrected chi connectivity index (χ0v) is 9.44. The van der Waals surface area contributed by atoms with Crippen molar-refractivity contribution in [1.29, 1.82) is 0 Å². The van der Waals surface area contributed by atoms with Crippen LogP contribution in [0.25, 0.3) is 0 Å². The topological polar surface area (TPSA) is 76.3 Å². The number of rotatable bonds is 5. The molecule has 0 aliphatic rings. The summed E-state index contributed by atoms with van der Waals surface area (Å²) in [6.07, 6.45) is 3.53. The second kappa shape index (κ2) is 5.20. The number of sulfonamides is 1. The molecule has 0 spiro atoms. The summed E-state index contributed by atoms with van der Waals surface area (Å²) in [6.45, 7) is 0.903. The molecule has 0 bridgehead atoms. The van der Waals surface area contributed by atoms with E-state index in [-0.39, 0.29) is 4.90 Å². The molecule has 0 aliphatic carbocycles. The van der Waals surface area contributed by atoms with E-state index in [1.54, 1.807) is 12.3 Å². The zero-order valence-electron chi connectivity index (χ0n) is 8.63. The quantitative estimate of drug-likeness (QED) is 0.774. The molecule has 6 heteroatoms. The third-order valence-corrected chi connectivity index (χ3v) is 3.86. The van der Waals surface area contributed by atoms with Gasteiger partial charge in [0.2, 0.25) is 10.0 Å². The number of aromatic nitrogens is 1. The molecule has 0 atom stereocenters. The van der Waals surface area contributed by atoms with Crippen molar-refractivity contribution in [2.24, 2.45) is 5.73 Å². The van der Waals surface area contributed by atoms with E-state index in [4.69, 9.17) is 5.73 Å². The average molecular weight is 229 g/mol. The molecule has 0 amide bonds. The molecule has 0 radical (unpaired) electrons. The van der Waals surface area contributed by atoms with Crippen molar-refractivity contribution in [1.82, 2.24) is 9.29 Å². The van der Waals surface area contributed by atoms with Crippen molar-refractivity contribution in [3.05, 3.63) is 24.5 Å². The second-order valence-corrected chi connectivity index (χ2v) is 5.20. The van der Waals surface area contributed by atoms with E-state index >= 15 is 0 Å². The minimum absolute atomic E-state index is 0.213. The Balaban J connectivity index is 2.84. The highest BCUT2D eigenvalue weighted by atomic mass is 32.2. The minimum Gasteiger partial charge on any atom is -0.330 e. The lowest BCUT2D eigenvalue weighted by molar-refractivity contribution is 0.463. The van der Waals surface area contributed by atoms with Crippen molar-refractivity contribution in [2.45, 2.75) is 11.3 Å². The molecular weight excluding hydrogens is 214 g/mol. The summed E-state index contributed by atoms with van der Waals surface area (Å²) in [5.41, 5.74) is 5.32. The summed E-state index contributed by atoms with van der Waals surface area (Å²) in [5.74, 6) is 0. The first kappa shape index (κ1) is 12.1. The first-order chi connectivity index (χ1) is 7.09. The Morgan fingerprint density at radius 3 is 2.80 bits per heavy atom. The van der Waals surface area contributed by atoms with Crippen LogP contribution < -0.4 is 5.73 Å². The highest BCUT2D eigenvalue weighted by Gasteiger charge is 2.19. The molecule has 5 nitrogen and oxygen atoms in total. The van der Waals surface area contributed by atoms with E-state index in [0.717, 1.165) is 0 Å². The number of hydrogen-bond acceptors (Lipinski definition) is 4. The van der Waals surface area contributed by atoms with Crippen molar-refractivity contribution in [3.63, 3.8) is 0 Å². The van der Waals surface area contributed by atoms with E-state index in [1.165, 1.54) is 23.6 Å². The Bertz CT molecular complexity index is 391. The Kier molecular flexibility index (Phi) is 4.19. The summed E-state index contributed by atoms with van der Waals surface area (Å²) in [5, 5.41) is 0. The van der Waals surface area contributed by atoms with Gasteiger partial charge in [0.15, 0.2) is 0 Å². The SMILES string of the molecule is CN(CCCN)S(=O)(=O)c1cccnc1. The maximum atomic E-state index is 11.9. The fourth-order valence-electron chi connectivity index (χ4n) is 1.11. The molecule has 1 aromatic rings. The standard InChI is InChI=1S/C9H15N3O2S/c1-12(7-3-5-10)15(13,14)9-4-2-6-11-8-9/h2,4,6,8H,3,5,7,10H2,1H3. The minimum atomic E-state index is -3.40. The van der Waals surface area contributed by atoms with Gasteiger partial charge in [0.1, 0.15) is 4.90 Å². The summed E-state index contributed by atoms with van der Waals surface area (Å²) in [4.78, 5) is 4.00. The van der Waals surface area contributed by atoms with Gasteiger partial charge in [-0.3, -0.25) is 4.98 Å². The van der Waals surface area contributed by atoms with Crippen LogP contribution in [0.1, 0.15) is 6.42 Å². The van der Waals surface area contributed by atoms with Crippen molar-refractivity contribution in [3.8, 4) is 0 Å². The van der Waals surface area contributed by atoms with E-state index in [9.17, 15) is 8.42 Å². The van der Waals surface area contributed by atoms with Gasteiger partial charge in [-0.05, 0) is 25.1 Å². The van der Waals surface area contributed by atoms with Crippen LogP contribution in [0.3, 0.4) is 0 Å². The lowest BCUT2D eigenvalue weighted by Crippen LogP contribution is -2.29. The fourth-order valence-corrected chi connectivity index (χ4v) is 2.29. The number of pyridine rings is 1. The van der Waals surface area contributed by atoms with Gasteiger partial charge in [-0.1, -0.05) is 0 Å². The third-order valence-electron chi connectivity index (χ3n) is 2.02. The highest BCUT2D eigenvalue weighted by Crippen LogP contribution is 2.11. The monoisotopic (exact) mass is 229 g/mol. The lowest BCUT2D eigenvalue weighted by atomic mass is 10.4. The van der Waals surface area contributed by atoms with Crippen molar-refractivity contribution in [2.75, 3.05) is 20.1 Å². The molecular formula is C9H15N3O2S. The summed E-state index contributed by atoms with van der Waals surface area (Å²) >= 11 is 0. The predicted octanol–water partition coefficient (Wildman–Crippen LogP) is 0.0509. The molecule has 0 saturated carbocycles. The smallest absolute Gasteiger partial charge is 0.244 e. The van der Waals surface area contributed by atoms with Gasteiger partial charge in [0.25, 0.3) is 0 Å². The summed E-state index contributed by atoms with van der Waals surface area (Å²) in [7, 11) is -1.86. The molecule has 1 rings (SSSR count). The molecule has 0 unspecified atom stereocenters. The van der Waals surface area contributed by atoms with Crippen LogP contribution in [0.15, 0.2) is 29.4 Å². The van der Waals surface area contributed by atoms with Crippen molar-refractivity contribution >= 4 is 10.0 Å². The van der Waals surface area contributed by atoms with Gasteiger partial charge in [-0.25, -0.2) is 12.7 Å². The van der Waals surface area contributed by atoms with Crippen LogP contribution in [0.4, 0.5) is 0 Å². The van der Waals surface area contributed by atoms with Gasteiger partial charge in [0, 0.05) is 26.0 Å². The van der Waals surface area contributed by atoms with Crippen molar-refractivity contribution < 1.29 is 8.42 Å². The number of nitrogens with two attached hydrogens (primary N) is 1. The molecule has 1 heterocycles. The second-order valence-electron chi connectivity index (χ2n) is 3.16. The Morgan fingerprint density at radius 2 is 2.27 bits per heavy atom. The van der Waals surface area contributed by atoms with Crippen LogP contribution in [0, 0.1) is 0 Å². The Hall–Kier alpha value is -0.980. The van der Waals surface area contributed by atoms with E-state index in [2.05, 4.69) is 4.98 Å². The summed E-state index contributed by atoms with van der Waals surface area (Å²) < 4.78 is 25.1. The first-order valence-corrected chi connectivity index (χ1v) is 6.09. The lowest BCUT2D eigenvalue weighted by Gasteiger charge is -2.16. The predicted molar refractivity (Wildman–Crippen MR) is 57.7 cm³/mol. The van der Waals surface area contributed by atoms with Crippen LogP contribution >= 0.6 is 0 Å². The van der Waals surface area contributed by atoms with Gasteiger partial charge in [0.05, 0.1) is 0 Å². The van der Waals surface area contributed by atoms with E-state index in [1.807, 2.05) is 0 Å². The van der Waals surface area contributed by atoms with Gasteiger partial charge in [-0.2, -0.15) is 0 Å². The molecule has 0 saturated heterocycles. The molecule has 15 heavy (non-hydrogen) atoms. The normalized spacial score (nSPS) is 11.9. The molecule has 0 aliphatic heterocycles. The summed E-state index contributed by atoms with van der Waals surface area (Å²) in [6, 6.07) is 3.13. The van der Waals surface area contributed by atoms with Crippen LogP contribution in [-0.4, -0.2) is 37.8 Å². The Morgan fingerprint density at radius 1 is 1.53 bits per heavy atom. The average Bonchev–Trinajstić information content (AvgIpc) is 2.27. The van der Waals surface area contributed by atoms with Crippen LogP contribution in [-0.2, 0) is 10.0 Å². The Labute approximate surface area is 90.0 Å². The van der Waals surface area contributed by atoms with Gasteiger partial charge < -0.3 is 5.73 Å². The molecule has 0 fully saturated rings. The largest absolute Gasteiger partial charge is 0.330 e. The van der Waals surface area contributed by atoms with Crippen LogP contribution in [0.2, 0.25) is 0 Å². The molecule has 1 aromatic heterocycles. The zero-order chi connectivity index (χ0) is 11.3. The first-order valence-electron chi connectivity index (χ1n) is 4.65. The highest BCUT2D eigenvalue weighted by molar-refractivity contribution is 7.89. The van der Waals surface area contributed by atoms with E-state index < -0.39 is 10.0 Å². The maximum Gasteiger partial charge on any atom is 0.244 e. The molecule has 84 valence electrons.